The van der Waals surface area contributed by atoms with Crippen LogP contribution in [0, 0.1) is 6.92 Å². The average Bonchev–Trinajstić information content (AvgIpc) is 2.55. The summed E-state index contributed by atoms with van der Waals surface area (Å²) in [4.78, 5) is 4.62. The van der Waals surface area contributed by atoms with Gasteiger partial charge < -0.3 is 5.32 Å². The van der Waals surface area contributed by atoms with E-state index in [1.807, 2.05) is 13.2 Å². The Labute approximate surface area is 97.6 Å². The van der Waals surface area contributed by atoms with Crippen molar-refractivity contribution in [2.45, 2.75) is 20.3 Å². The summed E-state index contributed by atoms with van der Waals surface area (Å²) in [5.41, 5.74) is 3.32. The third kappa shape index (κ3) is 1.63. The molecule has 2 aromatic rings. The van der Waals surface area contributed by atoms with Crippen molar-refractivity contribution >= 4 is 27.4 Å². The Kier molecular flexibility index (Phi) is 2.69. The van der Waals surface area contributed by atoms with E-state index in [4.69, 9.17) is 0 Å². The van der Waals surface area contributed by atoms with Crippen molar-refractivity contribution < 1.29 is 0 Å². The number of rotatable bonds is 2. The molecule has 2 rings (SSSR count). The summed E-state index contributed by atoms with van der Waals surface area (Å²) in [5, 5.41) is 3.20. The zero-order chi connectivity index (χ0) is 11.0. The first-order chi connectivity index (χ1) is 7.17. The molecule has 0 aliphatic heterocycles. The molecule has 0 aromatic carbocycles. The normalized spacial score (nSPS) is 10.9. The number of hydrogen-bond donors (Lipinski definition) is 1. The molecule has 0 radical (unpaired) electrons. The number of halogens is 1. The lowest BCUT2D eigenvalue weighted by atomic mass is 10.3. The van der Waals surface area contributed by atoms with Crippen molar-refractivity contribution in [3.63, 3.8) is 0 Å². The Morgan fingerprint density at radius 1 is 1.53 bits per heavy atom. The molecule has 2 aromatic heterocycles. The van der Waals surface area contributed by atoms with Crippen LogP contribution < -0.4 is 5.32 Å². The molecule has 2 heterocycles. The highest BCUT2D eigenvalue weighted by Crippen LogP contribution is 2.23. The minimum Gasteiger partial charge on any atom is -0.373 e. The van der Waals surface area contributed by atoms with Gasteiger partial charge in [0.25, 0.3) is 0 Å². The number of hydrogen-bond acceptors (Lipinski definition) is 2. The van der Waals surface area contributed by atoms with Crippen molar-refractivity contribution in [2.24, 2.45) is 0 Å². The van der Waals surface area contributed by atoms with Crippen LogP contribution >= 0.6 is 15.9 Å². The molecule has 0 saturated heterocycles. The first kappa shape index (κ1) is 10.5. The predicted molar refractivity (Wildman–Crippen MR) is 66.6 cm³/mol. The van der Waals surface area contributed by atoms with Crippen molar-refractivity contribution in [3.8, 4) is 0 Å². The number of nitrogens with zero attached hydrogens (tertiary/aromatic N) is 2. The lowest BCUT2D eigenvalue weighted by Gasteiger charge is -2.04. The maximum absolute atomic E-state index is 4.62. The molecule has 0 unspecified atom stereocenters. The van der Waals surface area contributed by atoms with Crippen LogP contribution in [0.4, 0.5) is 5.82 Å². The van der Waals surface area contributed by atoms with Gasteiger partial charge in [-0.2, -0.15) is 0 Å². The molecule has 0 atom stereocenters. The first-order valence-corrected chi connectivity index (χ1v) is 5.81. The van der Waals surface area contributed by atoms with Gasteiger partial charge in [-0.05, 0) is 40.9 Å². The van der Waals surface area contributed by atoms with Crippen molar-refractivity contribution in [3.05, 3.63) is 28.0 Å². The van der Waals surface area contributed by atoms with Crippen LogP contribution in [0.3, 0.4) is 0 Å². The minimum absolute atomic E-state index is 0.939. The molecule has 0 aliphatic rings. The van der Waals surface area contributed by atoms with Crippen LogP contribution in [-0.4, -0.2) is 16.4 Å². The summed E-state index contributed by atoms with van der Waals surface area (Å²) < 4.78 is 3.17. The van der Waals surface area contributed by atoms with E-state index in [1.54, 1.807) is 0 Å². The van der Waals surface area contributed by atoms with Gasteiger partial charge in [-0.1, -0.05) is 6.92 Å². The van der Waals surface area contributed by atoms with E-state index in [0.29, 0.717) is 0 Å². The standard InChI is InChI=1S/C11H14BrN3/c1-4-9-11(13-3)15-6-8(12)5-7(2)10(15)14-9/h5-6,13H,4H2,1-3H3. The molecular weight excluding hydrogens is 254 g/mol. The second kappa shape index (κ2) is 3.85. The van der Waals surface area contributed by atoms with Gasteiger partial charge in [-0.25, -0.2) is 4.98 Å². The summed E-state index contributed by atoms with van der Waals surface area (Å²) in [6, 6.07) is 2.08. The number of aryl methyl sites for hydroxylation is 2. The summed E-state index contributed by atoms with van der Waals surface area (Å²) in [6.45, 7) is 4.19. The molecular formula is C11H14BrN3. The van der Waals surface area contributed by atoms with Gasteiger partial charge in [0, 0.05) is 17.7 Å². The van der Waals surface area contributed by atoms with E-state index in [9.17, 15) is 0 Å². The topological polar surface area (TPSA) is 29.3 Å². The number of pyridine rings is 1. The second-order valence-electron chi connectivity index (χ2n) is 3.55. The molecule has 0 saturated carbocycles. The first-order valence-electron chi connectivity index (χ1n) is 5.02. The summed E-state index contributed by atoms with van der Waals surface area (Å²) in [5.74, 6) is 1.08. The molecule has 1 N–H and O–H groups in total. The van der Waals surface area contributed by atoms with Crippen LogP contribution in [0.15, 0.2) is 16.7 Å². The van der Waals surface area contributed by atoms with Crippen LogP contribution in [0.25, 0.3) is 5.65 Å². The van der Waals surface area contributed by atoms with Gasteiger partial charge in [-0.15, -0.1) is 0 Å². The van der Waals surface area contributed by atoms with Crippen molar-refractivity contribution in [1.29, 1.82) is 0 Å². The largest absolute Gasteiger partial charge is 0.373 e. The van der Waals surface area contributed by atoms with E-state index in [2.05, 4.69) is 50.5 Å². The molecule has 0 bridgehead atoms. The van der Waals surface area contributed by atoms with Gasteiger partial charge in [0.2, 0.25) is 0 Å². The highest BCUT2D eigenvalue weighted by Gasteiger charge is 2.11. The summed E-state index contributed by atoms with van der Waals surface area (Å²) in [6.07, 6.45) is 2.98. The van der Waals surface area contributed by atoms with Crippen LogP contribution in [0.1, 0.15) is 18.2 Å². The molecule has 0 aliphatic carbocycles. The molecule has 80 valence electrons. The van der Waals surface area contributed by atoms with E-state index >= 15 is 0 Å². The quantitative estimate of drug-likeness (QED) is 0.907. The Bertz CT molecular complexity index is 502. The zero-order valence-electron chi connectivity index (χ0n) is 9.13. The third-order valence-corrected chi connectivity index (χ3v) is 2.95. The third-order valence-electron chi connectivity index (χ3n) is 2.51. The van der Waals surface area contributed by atoms with E-state index in [1.165, 1.54) is 5.56 Å². The Morgan fingerprint density at radius 3 is 2.87 bits per heavy atom. The summed E-state index contributed by atoms with van der Waals surface area (Å²) in [7, 11) is 1.93. The Hall–Kier alpha value is -1.03. The molecule has 4 heteroatoms. The molecule has 0 amide bonds. The van der Waals surface area contributed by atoms with Gasteiger partial charge >= 0.3 is 0 Å². The SMILES string of the molecule is CCc1nc2c(C)cc(Br)cn2c1NC. The van der Waals surface area contributed by atoms with E-state index in [0.717, 1.165) is 28.1 Å². The molecule has 3 nitrogen and oxygen atoms in total. The fraction of sp³-hybridized carbons (Fsp3) is 0.364. The zero-order valence-corrected chi connectivity index (χ0v) is 10.7. The highest BCUT2D eigenvalue weighted by molar-refractivity contribution is 9.10. The lowest BCUT2D eigenvalue weighted by molar-refractivity contribution is 1.07. The summed E-state index contributed by atoms with van der Waals surface area (Å²) >= 11 is 3.50. The second-order valence-corrected chi connectivity index (χ2v) is 4.46. The van der Waals surface area contributed by atoms with Crippen LogP contribution in [-0.2, 0) is 6.42 Å². The number of fused-ring (bicyclic) bond motifs is 1. The van der Waals surface area contributed by atoms with Gasteiger partial charge in [0.1, 0.15) is 11.5 Å². The molecule has 15 heavy (non-hydrogen) atoms. The number of imidazole rings is 1. The molecule has 0 fully saturated rings. The fourth-order valence-electron chi connectivity index (χ4n) is 1.83. The van der Waals surface area contributed by atoms with Gasteiger partial charge in [0.05, 0.1) is 5.69 Å². The number of nitrogens with one attached hydrogen (secondary N) is 1. The van der Waals surface area contributed by atoms with Crippen LogP contribution in [0.2, 0.25) is 0 Å². The average molecular weight is 268 g/mol. The van der Waals surface area contributed by atoms with Crippen LogP contribution in [0.5, 0.6) is 0 Å². The number of anilines is 1. The lowest BCUT2D eigenvalue weighted by Crippen LogP contribution is -1.97. The monoisotopic (exact) mass is 267 g/mol. The predicted octanol–water partition coefficient (Wildman–Crippen LogP) is 3.01. The molecule has 0 spiro atoms. The van der Waals surface area contributed by atoms with Crippen molar-refractivity contribution in [2.75, 3.05) is 12.4 Å². The van der Waals surface area contributed by atoms with Crippen molar-refractivity contribution in [1.82, 2.24) is 9.38 Å². The van der Waals surface area contributed by atoms with Gasteiger partial charge in [-0.3, -0.25) is 4.40 Å². The highest BCUT2D eigenvalue weighted by atomic mass is 79.9. The van der Waals surface area contributed by atoms with E-state index in [-0.39, 0.29) is 0 Å². The Morgan fingerprint density at radius 2 is 2.27 bits per heavy atom. The Balaban J connectivity index is 2.82. The maximum Gasteiger partial charge on any atom is 0.141 e. The smallest absolute Gasteiger partial charge is 0.141 e. The van der Waals surface area contributed by atoms with E-state index < -0.39 is 0 Å². The van der Waals surface area contributed by atoms with Gasteiger partial charge in [0.15, 0.2) is 0 Å². The fourth-order valence-corrected chi connectivity index (χ4v) is 2.37. The number of aromatic nitrogens is 2. The minimum atomic E-state index is 0.939. The maximum atomic E-state index is 4.62.